The van der Waals surface area contributed by atoms with Gasteiger partial charge >= 0.3 is 0 Å². The minimum absolute atomic E-state index is 0.0698. The number of pyridine rings is 1. The molecule has 0 unspecified atom stereocenters. The first-order valence-corrected chi connectivity index (χ1v) is 13.3. The van der Waals surface area contributed by atoms with E-state index in [2.05, 4.69) is 9.88 Å². The van der Waals surface area contributed by atoms with E-state index in [0.717, 1.165) is 58.6 Å². The van der Waals surface area contributed by atoms with Crippen LogP contribution < -0.4 is 4.74 Å². The van der Waals surface area contributed by atoms with Gasteiger partial charge in [-0.2, -0.15) is 0 Å². The summed E-state index contributed by atoms with van der Waals surface area (Å²) >= 11 is 6.19. The van der Waals surface area contributed by atoms with Gasteiger partial charge in [-0.25, -0.2) is 4.98 Å². The van der Waals surface area contributed by atoms with Crippen LogP contribution in [0.2, 0.25) is 5.02 Å². The smallest absolute Gasteiger partial charge is 0.255 e. The van der Waals surface area contributed by atoms with Crippen LogP contribution in [0.3, 0.4) is 0 Å². The molecule has 2 aliphatic rings. The van der Waals surface area contributed by atoms with E-state index in [-0.39, 0.29) is 5.91 Å². The summed E-state index contributed by atoms with van der Waals surface area (Å²) in [6, 6.07) is 13.3. The highest BCUT2D eigenvalue weighted by atomic mass is 35.5. The Kier molecular flexibility index (Phi) is 7.02. The number of carbonyl (C=O) groups is 1. The largest absolute Gasteiger partial charge is 0.496 e. The number of morpholine rings is 1. The van der Waals surface area contributed by atoms with Crippen LogP contribution in [0.15, 0.2) is 53.1 Å². The predicted octanol–water partition coefficient (Wildman–Crippen LogP) is 4.63. The molecule has 0 bridgehead atoms. The van der Waals surface area contributed by atoms with E-state index in [9.17, 15) is 4.79 Å². The monoisotopic (exact) mass is 532 g/mol. The normalized spacial score (nSPS) is 16.0. The zero-order valence-corrected chi connectivity index (χ0v) is 22.0. The summed E-state index contributed by atoms with van der Waals surface area (Å²) in [5.74, 6) is 2.00. The van der Waals surface area contributed by atoms with Gasteiger partial charge in [0.2, 0.25) is 5.89 Å². The topological polar surface area (TPSA) is 80.9 Å². The standard InChI is InChI=1S/C29H29ClN4O4/c1-36-26-7-6-19(30)16-22(26)28-31-17-20(38-28)8-10-33-11-9-25-23(18-33)27(21-4-2-3-5-24(21)32-25)29(35)34-12-14-37-15-13-34/h2-7,16-17H,8-15,18H2,1H3. The molecule has 9 heteroatoms. The zero-order chi connectivity index (χ0) is 26.1. The highest BCUT2D eigenvalue weighted by molar-refractivity contribution is 6.30. The van der Waals surface area contributed by atoms with Gasteiger partial charge in [0.15, 0.2) is 0 Å². The van der Waals surface area contributed by atoms with E-state index >= 15 is 0 Å². The van der Waals surface area contributed by atoms with Crippen molar-refractivity contribution in [2.24, 2.45) is 0 Å². The summed E-state index contributed by atoms with van der Waals surface area (Å²) in [7, 11) is 1.61. The minimum Gasteiger partial charge on any atom is -0.496 e. The molecular weight excluding hydrogens is 504 g/mol. The molecule has 4 aromatic rings. The molecule has 196 valence electrons. The minimum atomic E-state index is 0.0698. The zero-order valence-electron chi connectivity index (χ0n) is 21.3. The van der Waals surface area contributed by atoms with E-state index in [1.807, 2.05) is 29.2 Å². The lowest BCUT2D eigenvalue weighted by molar-refractivity contribution is 0.0302. The lowest BCUT2D eigenvalue weighted by atomic mass is 9.94. The van der Waals surface area contributed by atoms with Crippen molar-refractivity contribution in [2.45, 2.75) is 19.4 Å². The van der Waals surface area contributed by atoms with Crippen molar-refractivity contribution < 1.29 is 18.7 Å². The molecule has 0 N–H and O–H groups in total. The number of ether oxygens (including phenoxy) is 2. The quantitative estimate of drug-likeness (QED) is 0.358. The van der Waals surface area contributed by atoms with Gasteiger partial charge in [0.1, 0.15) is 11.5 Å². The van der Waals surface area contributed by atoms with E-state index in [1.165, 1.54) is 0 Å². The van der Waals surface area contributed by atoms with Gasteiger partial charge in [-0.05, 0) is 24.3 Å². The van der Waals surface area contributed by atoms with Gasteiger partial charge in [0.05, 0.1) is 43.2 Å². The lowest BCUT2D eigenvalue weighted by Gasteiger charge is -2.32. The number of amides is 1. The third kappa shape index (κ3) is 4.87. The highest BCUT2D eigenvalue weighted by Crippen LogP contribution is 2.33. The third-order valence-corrected chi connectivity index (χ3v) is 7.49. The lowest BCUT2D eigenvalue weighted by Crippen LogP contribution is -2.42. The van der Waals surface area contributed by atoms with Crippen LogP contribution in [0.25, 0.3) is 22.4 Å². The molecule has 2 aliphatic heterocycles. The second-order valence-electron chi connectivity index (χ2n) is 9.59. The molecule has 38 heavy (non-hydrogen) atoms. The fraction of sp³-hybridized carbons (Fsp3) is 0.345. The molecular formula is C29H29ClN4O4. The number of para-hydroxylation sites is 1. The maximum absolute atomic E-state index is 13.8. The Hall–Kier alpha value is -3.46. The molecule has 2 aromatic heterocycles. The van der Waals surface area contributed by atoms with Crippen LogP contribution in [0, 0.1) is 0 Å². The molecule has 8 nitrogen and oxygen atoms in total. The number of aromatic nitrogens is 2. The fourth-order valence-corrected chi connectivity index (χ4v) is 5.44. The van der Waals surface area contributed by atoms with Crippen molar-refractivity contribution in [3.8, 4) is 17.2 Å². The summed E-state index contributed by atoms with van der Waals surface area (Å²) in [5.41, 5.74) is 4.44. The molecule has 0 spiro atoms. The van der Waals surface area contributed by atoms with Crippen molar-refractivity contribution in [1.29, 1.82) is 0 Å². The van der Waals surface area contributed by atoms with E-state index in [0.29, 0.717) is 55.9 Å². The molecule has 2 aromatic carbocycles. The van der Waals surface area contributed by atoms with Gasteiger partial charge in [-0.1, -0.05) is 29.8 Å². The van der Waals surface area contributed by atoms with Crippen LogP contribution in [-0.2, 0) is 24.1 Å². The molecule has 4 heterocycles. The van der Waals surface area contributed by atoms with E-state index in [1.54, 1.807) is 31.5 Å². The number of halogens is 1. The Balaban J connectivity index is 1.23. The molecule has 0 saturated carbocycles. The van der Waals surface area contributed by atoms with E-state index in [4.69, 9.17) is 30.5 Å². The number of hydrogen-bond donors (Lipinski definition) is 0. The number of nitrogens with zero attached hydrogens (tertiary/aromatic N) is 4. The summed E-state index contributed by atoms with van der Waals surface area (Å²) in [4.78, 5) is 27.4. The Morgan fingerprint density at radius 3 is 2.82 bits per heavy atom. The maximum Gasteiger partial charge on any atom is 0.255 e. The number of hydrogen-bond acceptors (Lipinski definition) is 7. The SMILES string of the molecule is COc1ccc(Cl)cc1-c1ncc(CCN2CCc3nc4ccccc4c(C(=O)N4CCOCC4)c3C2)o1. The van der Waals surface area contributed by atoms with Gasteiger partial charge in [-0.15, -0.1) is 0 Å². The molecule has 0 aliphatic carbocycles. The van der Waals surface area contributed by atoms with Crippen LogP contribution in [-0.4, -0.2) is 72.2 Å². The number of fused-ring (bicyclic) bond motifs is 2. The van der Waals surface area contributed by atoms with Crippen LogP contribution in [0.5, 0.6) is 5.75 Å². The van der Waals surface area contributed by atoms with Crippen molar-refractivity contribution in [3.63, 3.8) is 0 Å². The van der Waals surface area contributed by atoms with Gasteiger partial charge in [0, 0.05) is 67.2 Å². The Labute approximate surface area is 226 Å². The highest BCUT2D eigenvalue weighted by Gasteiger charge is 2.29. The predicted molar refractivity (Wildman–Crippen MR) is 145 cm³/mol. The van der Waals surface area contributed by atoms with Gasteiger partial charge in [-0.3, -0.25) is 14.7 Å². The molecule has 1 fully saturated rings. The molecule has 1 amide bonds. The van der Waals surface area contributed by atoms with Crippen molar-refractivity contribution >= 4 is 28.4 Å². The number of rotatable bonds is 6. The number of oxazole rings is 1. The summed E-state index contributed by atoms with van der Waals surface area (Å²) in [5, 5.41) is 1.51. The van der Waals surface area contributed by atoms with Crippen LogP contribution in [0.1, 0.15) is 27.4 Å². The first kappa shape index (κ1) is 24.9. The summed E-state index contributed by atoms with van der Waals surface area (Å²) in [6.45, 7) is 4.68. The first-order valence-electron chi connectivity index (χ1n) is 12.9. The molecule has 0 radical (unpaired) electrons. The van der Waals surface area contributed by atoms with Crippen molar-refractivity contribution in [1.82, 2.24) is 19.8 Å². The summed E-state index contributed by atoms with van der Waals surface area (Å²) in [6.07, 6.45) is 3.25. The van der Waals surface area contributed by atoms with E-state index < -0.39 is 0 Å². The number of carbonyl (C=O) groups excluding carboxylic acids is 1. The summed E-state index contributed by atoms with van der Waals surface area (Å²) < 4.78 is 17.0. The fourth-order valence-electron chi connectivity index (χ4n) is 5.27. The van der Waals surface area contributed by atoms with Gasteiger partial charge < -0.3 is 18.8 Å². The van der Waals surface area contributed by atoms with Crippen molar-refractivity contribution in [2.75, 3.05) is 46.5 Å². The Morgan fingerprint density at radius 2 is 1.97 bits per heavy atom. The first-order chi connectivity index (χ1) is 18.6. The average molecular weight is 533 g/mol. The van der Waals surface area contributed by atoms with Crippen molar-refractivity contribution in [3.05, 3.63) is 76.3 Å². The Bertz CT molecular complexity index is 1480. The number of benzene rings is 2. The third-order valence-electron chi connectivity index (χ3n) is 7.26. The maximum atomic E-state index is 13.8. The molecule has 0 atom stereocenters. The van der Waals surface area contributed by atoms with Crippen LogP contribution in [0.4, 0.5) is 0 Å². The molecule has 6 rings (SSSR count). The molecule has 1 saturated heterocycles. The second-order valence-corrected chi connectivity index (χ2v) is 10.0. The average Bonchev–Trinajstić information content (AvgIpc) is 3.44. The van der Waals surface area contributed by atoms with Crippen LogP contribution >= 0.6 is 11.6 Å². The second kappa shape index (κ2) is 10.7. The van der Waals surface area contributed by atoms with Gasteiger partial charge in [0.25, 0.3) is 5.91 Å². The Morgan fingerprint density at radius 1 is 1.13 bits per heavy atom. The number of methoxy groups -OCH3 is 1.